The van der Waals surface area contributed by atoms with Gasteiger partial charge in [0, 0.05) is 52.9 Å². The standard InChI is InChI=1S/C26H18F3N3O/c27-26(28,29)21-11-9-18(10-12-21)22(19-5-3-14-30-16-19)6-2-8-25(33)32-24-7-1-4-20-17-31-15-13-23(20)24/h1-17H,(H,32,33)/b8-2+,22-6-. The number of rotatable bonds is 5. The van der Waals surface area contributed by atoms with Gasteiger partial charge in [0.05, 0.1) is 5.56 Å². The first-order valence-corrected chi connectivity index (χ1v) is 10.0. The summed E-state index contributed by atoms with van der Waals surface area (Å²) in [6, 6.07) is 15.8. The van der Waals surface area contributed by atoms with Gasteiger partial charge in [-0.15, -0.1) is 0 Å². The van der Waals surface area contributed by atoms with Crippen LogP contribution in [-0.2, 0) is 11.0 Å². The number of nitrogens with zero attached hydrogens (tertiary/aromatic N) is 2. The van der Waals surface area contributed by atoms with Crippen molar-refractivity contribution in [3.05, 3.63) is 120 Å². The predicted octanol–water partition coefficient (Wildman–Crippen LogP) is 6.28. The Labute approximate surface area is 188 Å². The minimum atomic E-state index is -4.41. The van der Waals surface area contributed by atoms with Crippen molar-refractivity contribution in [3.8, 4) is 0 Å². The molecule has 2 aromatic carbocycles. The SMILES string of the molecule is O=C(/C=C/C=C(/c1ccc(C(F)(F)F)cc1)c1cccnc1)Nc1cccc2cnccc12. The monoisotopic (exact) mass is 445 g/mol. The molecule has 0 aliphatic heterocycles. The molecule has 7 heteroatoms. The normalized spacial score (nSPS) is 12.3. The molecular weight excluding hydrogens is 427 g/mol. The maximum Gasteiger partial charge on any atom is 0.416 e. The molecule has 2 heterocycles. The number of aromatic nitrogens is 2. The van der Waals surface area contributed by atoms with Gasteiger partial charge in [0.1, 0.15) is 0 Å². The highest BCUT2D eigenvalue weighted by atomic mass is 19.4. The third-order valence-electron chi connectivity index (χ3n) is 4.94. The second-order valence-corrected chi connectivity index (χ2v) is 7.15. The van der Waals surface area contributed by atoms with Crippen molar-refractivity contribution in [2.75, 3.05) is 5.32 Å². The van der Waals surface area contributed by atoms with Crippen LogP contribution in [-0.4, -0.2) is 15.9 Å². The summed E-state index contributed by atoms with van der Waals surface area (Å²) in [5.41, 5.74) is 1.85. The van der Waals surface area contributed by atoms with E-state index in [2.05, 4.69) is 15.3 Å². The van der Waals surface area contributed by atoms with E-state index in [0.29, 0.717) is 22.4 Å². The molecule has 4 nitrogen and oxygen atoms in total. The third-order valence-corrected chi connectivity index (χ3v) is 4.94. The Hall–Kier alpha value is -4.26. The number of anilines is 1. The van der Waals surface area contributed by atoms with Gasteiger partial charge in [-0.25, -0.2) is 0 Å². The average Bonchev–Trinajstić information content (AvgIpc) is 2.82. The highest BCUT2D eigenvalue weighted by Gasteiger charge is 2.30. The fraction of sp³-hybridized carbons (Fsp3) is 0.0385. The number of allylic oxidation sites excluding steroid dienone is 2. The van der Waals surface area contributed by atoms with Crippen molar-refractivity contribution in [3.63, 3.8) is 0 Å². The molecule has 0 unspecified atom stereocenters. The molecule has 4 aromatic rings. The van der Waals surface area contributed by atoms with E-state index in [1.54, 1.807) is 55.1 Å². The molecule has 0 aliphatic carbocycles. The van der Waals surface area contributed by atoms with Gasteiger partial charge in [-0.3, -0.25) is 14.8 Å². The number of carbonyl (C=O) groups excluding carboxylic acids is 1. The van der Waals surface area contributed by atoms with Crippen LogP contribution in [0.25, 0.3) is 16.3 Å². The topological polar surface area (TPSA) is 54.9 Å². The molecule has 0 aliphatic rings. The van der Waals surface area contributed by atoms with Crippen LogP contribution in [0.3, 0.4) is 0 Å². The van der Waals surface area contributed by atoms with Gasteiger partial charge < -0.3 is 5.32 Å². The lowest BCUT2D eigenvalue weighted by atomic mass is 9.97. The molecule has 0 bridgehead atoms. The van der Waals surface area contributed by atoms with Crippen LogP contribution in [0.15, 0.2) is 104 Å². The summed E-state index contributed by atoms with van der Waals surface area (Å²) in [7, 11) is 0. The molecule has 1 amide bonds. The molecular formula is C26H18F3N3O. The largest absolute Gasteiger partial charge is 0.416 e. The molecule has 2 aromatic heterocycles. The number of benzene rings is 2. The van der Waals surface area contributed by atoms with Crippen LogP contribution in [0.5, 0.6) is 0 Å². The Balaban J connectivity index is 1.59. The molecule has 0 spiro atoms. The Bertz CT molecular complexity index is 1320. The summed E-state index contributed by atoms with van der Waals surface area (Å²) in [4.78, 5) is 20.6. The fourth-order valence-corrected chi connectivity index (χ4v) is 3.36. The number of amides is 1. The van der Waals surface area contributed by atoms with E-state index in [9.17, 15) is 18.0 Å². The summed E-state index contributed by atoms with van der Waals surface area (Å²) >= 11 is 0. The number of pyridine rings is 2. The number of carbonyl (C=O) groups is 1. The average molecular weight is 445 g/mol. The van der Waals surface area contributed by atoms with Crippen LogP contribution in [0.1, 0.15) is 16.7 Å². The molecule has 1 N–H and O–H groups in total. The van der Waals surface area contributed by atoms with Crippen molar-refractivity contribution >= 4 is 27.9 Å². The molecule has 0 saturated carbocycles. The number of fused-ring (bicyclic) bond motifs is 1. The van der Waals surface area contributed by atoms with E-state index >= 15 is 0 Å². The molecule has 164 valence electrons. The molecule has 0 atom stereocenters. The second kappa shape index (κ2) is 9.48. The first kappa shape index (κ1) is 22.0. The fourth-order valence-electron chi connectivity index (χ4n) is 3.36. The van der Waals surface area contributed by atoms with Crippen molar-refractivity contribution in [2.24, 2.45) is 0 Å². The minimum Gasteiger partial charge on any atom is -0.322 e. The Morgan fingerprint density at radius 1 is 0.848 bits per heavy atom. The summed E-state index contributed by atoms with van der Waals surface area (Å²) < 4.78 is 38.8. The minimum absolute atomic E-state index is 0.339. The Morgan fingerprint density at radius 3 is 2.36 bits per heavy atom. The summed E-state index contributed by atoms with van der Waals surface area (Å²) in [6.45, 7) is 0. The van der Waals surface area contributed by atoms with Gasteiger partial charge in [0.15, 0.2) is 0 Å². The van der Waals surface area contributed by atoms with Crippen LogP contribution in [0.4, 0.5) is 18.9 Å². The lowest BCUT2D eigenvalue weighted by molar-refractivity contribution is -0.137. The zero-order valence-electron chi connectivity index (χ0n) is 17.3. The van der Waals surface area contributed by atoms with E-state index in [1.807, 2.05) is 18.2 Å². The summed E-state index contributed by atoms with van der Waals surface area (Å²) in [6.07, 6.45) is 6.77. The smallest absolute Gasteiger partial charge is 0.322 e. The van der Waals surface area contributed by atoms with Crippen molar-refractivity contribution in [1.29, 1.82) is 0 Å². The highest BCUT2D eigenvalue weighted by Crippen LogP contribution is 2.31. The van der Waals surface area contributed by atoms with E-state index in [-0.39, 0.29) is 5.91 Å². The zero-order chi connectivity index (χ0) is 23.3. The van der Waals surface area contributed by atoms with Crippen LogP contribution in [0.2, 0.25) is 0 Å². The van der Waals surface area contributed by atoms with Gasteiger partial charge in [-0.05, 0) is 41.5 Å². The highest BCUT2D eigenvalue weighted by molar-refractivity contribution is 6.06. The van der Waals surface area contributed by atoms with Gasteiger partial charge in [-0.2, -0.15) is 13.2 Å². The van der Waals surface area contributed by atoms with Crippen LogP contribution < -0.4 is 5.32 Å². The molecule has 4 rings (SSSR count). The van der Waals surface area contributed by atoms with E-state index in [0.717, 1.165) is 22.9 Å². The molecule has 0 radical (unpaired) electrons. The predicted molar refractivity (Wildman–Crippen MR) is 122 cm³/mol. The maximum absolute atomic E-state index is 12.9. The van der Waals surface area contributed by atoms with Gasteiger partial charge >= 0.3 is 6.18 Å². The number of nitrogens with one attached hydrogen (secondary N) is 1. The Kier molecular flexibility index (Phi) is 6.31. The van der Waals surface area contributed by atoms with E-state index in [4.69, 9.17) is 0 Å². The lowest BCUT2D eigenvalue weighted by Crippen LogP contribution is -2.08. The molecule has 0 fully saturated rings. The number of alkyl halides is 3. The van der Waals surface area contributed by atoms with Crippen LogP contribution >= 0.6 is 0 Å². The molecule has 33 heavy (non-hydrogen) atoms. The van der Waals surface area contributed by atoms with Gasteiger partial charge in [0.25, 0.3) is 0 Å². The first-order chi connectivity index (χ1) is 15.9. The van der Waals surface area contributed by atoms with Crippen molar-refractivity contribution < 1.29 is 18.0 Å². The Morgan fingerprint density at radius 2 is 1.64 bits per heavy atom. The quantitative estimate of drug-likeness (QED) is 0.291. The number of hydrogen-bond donors (Lipinski definition) is 1. The van der Waals surface area contributed by atoms with Crippen molar-refractivity contribution in [1.82, 2.24) is 9.97 Å². The molecule has 0 saturated heterocycles. The number of halogens is 3. The van der Waals surface area contributed by atoms with Crippen LogP contribution in [0, 0.1) is 0 Å². The lowest BCUT2D eigenvalue weighted by Gasteiger charge is -2.10. The second-order valence-electron chi connectivity index (χ2n) is 7.15. The van der Waals surface area contributed by atoms with Gasteiger partial charge in [0.2, 0.25) is 5.91 Å². The first-order valence-electron chi connectivity index (χ1n) is 10.0. The van der Waals surface area contributed by atoms with E-state index in [1.165, 1.54) is 18.2 Å². The zero-order valence-corrected chi connectivity index (χ0v) is 17.3. The summed E-state index contributed by atoms with van der Waals surface area (Å²) in [5, 5.41) is 4.61. The third kappa shape index (κ3) is 5.33. The van der Waals surface area contributed by atoms with E-state index < -0.39 is 11.7 Å². The van der Waals surface area contributed by atoms with Gasteiger partial charge in [-0.1, -0.05) is 42.5 Å². The maximum atomic E-state index is 12.9. The van der Waals surface area contributed by atoms with Crippen molar-refractivity contribution in [2.45, 2.75) is 6.18 Å². The number of hydrogen-bond acceptors (Lipinski definition) is 3. The summed E-state index contributed by atoms with van der Waals surface area (Å²) in [5.74, 6) is -0.339.